The lowest BCUT2D eigenvalue weighted by molar-refractivity contribution is 0.572. The standard InChI is InChI=1S/C11H12BrFN4/c1-17-11(15-7-16-17)6-14-5-8-4-9(12)2-3-10(8)13/h2-4,7,14H,5-6H2,1H3. The third kappa shape index (κ3) is 3.10. The van der Waals surface area contributed by atoms with Gasteiger partial charge in [0.15, 0.2) is 0 Å². The molecule has 0 fully saturated rings. The smallest absolute Gasteiger partial charge is 0.140 e. The average Bonchev–Trinajstić information content (AvgIpc) is 2.70. The van der Waals surface area contributed by atoms with Crippen LogP contribution in [-0.4, -0.2) is 14.8 Å². The van der Waals surface area contributed by atoms with E-state index in [0.717, 1.165) is 10.3 Å². The van der Waals surface area contributed by atoms with Crippen molar-refractivity contribution in [3.8, 4) is 0 Å². The molecule has 1 heterocycles. The Morgan fingerprint density at radius 1 is 1.41 bits per heavy atom. The maximum atomic E-state index is 13.4. The minimum atomic E-state index is -0.210. The van der Waals surface area contributed by atoms with Gasteiger partial charge in [-0.2, -0.15) is 5.10 Å². The second-order valence-electron chi connectivity index (χ2n) is 3.64. The molecule has 0 aliphatic heterocycles. The predicted octanol–water partition coefficient (Wildman–Crippen LogP) is 2.01. The molecular weight excluding hydrogens is 287 g/mol. The maximum absolute atomic E-state index is 13.4. The summed E-state index contributed by atoms with van der Waals surface area (Å²) in [7, 11) is 1.82. The summed E-state index contributed by atoms with van der Waals surface area (Å²) >= 11 is 3.32. The predicted molar refractivity (Wildman–Crippen MR) is 65.6 cm³/mol. The molecule has 0 aliphatic carbocycles. The number of rotatable bonds is 4. The van der Waals surface area contributed by atoms with E-state index in [1.165, 1.54) is 12.4 Å². The highest BCUT2D eigenvalue weighted by molar-refractivity contribution is 9.10. The molecule has 1 N–H and O–H groups in total. The van der Waals surface area contributed by atoms with Gasteiger partial charge in [0.05, 0.1) is 6.54 Å². The molecule has 1 aromatic carbocycles. The van der Waals surface area contributed by atoms with Crippen LogP contribution < -0.4 is 5.32 Å². The summed E-state index contributed by atoms with van der Waals surface area (Å²) in [4.78, 5) is 4.07. The Labute approximate surface area is 107 Å². The lowest BCUT2D eigenvalue weighted by Crippen LogP contribution is -2.16. The van der Waals surface area contributed by atoms with E-state index < -0.39 is 0 Å². The average molecular weight is 299 g/mol. The summed E-state index contributed by atoms with van der Waals surface area (Å²) in [6.45, 7) is 1.01. The van der Waals surface area contributed by atoms with Crippen molar-refractivity contribution in [1.29, 1.82) is 0 Å². The molecule has 4 nitrogen and oxygen atoms in total. The van der Waals surface area contributed by atoms with E-state index in [4.69, 9.17) is 0 Å². The van der Waals surface area contributed by atoms with Crippen LogP contribution in [0.2, 0.25) is 0 Å². The minimum Gasteiger partial charge on any atom is -0.306 e. The Morgan fingerprint density at radius 2 is 2.24 bits per heavy atom. The number of aryl methyl sites for hydroxylation is 1. The van der Waals surface area contributed by atoms with Crippen LogP contribution >= 0.6 is 15.9 Å². The molecular formula is C11H12BrFN4. The van der Waals surface area contributed by atoms with Crippen LogP contribution in [0.25, 0.3) is 0 Å². The van der Waals surface area contributed by atoms with Crippen molar-refractivity contribution >= 4 is 15.9 Å². The summed E-state index contributed by atoms with van der Waals surface area (Å²) in [5, 5.41) is 7.09. The molecule has 0 unspecified atom stereocenters. The first-order valence-corrected chi connectivity index (χ1v) is 5.93. The zero-order valence-corrected chi connectivity index (χ0v) is 10.9. The Kier molecular flexibility index (Phi) is 3.86. The molecule has 0 atom stereocenters. The van der Waals surface area contributed by atoms with Gasteiger partial charge < -0.3 is 5.32 Å². The van der Waals surface area contributed by atoms with Crippen molar-refractivity contribution in [1.82, 2.24) is 20.1 Å². The van der Waals surface area contributed by atoms with Gasteiger partial charge in [0.2, 0.25) is 0 Å². The van der Waals surface area contributed by atoms with Crippen molar-refractivity contribution in [2.45, 2.75) is 13.1 Å². The van der Waals surface area contributed by atoms with Crippen LogP contribution in [0.4, 0.5) is 4.39 Å². The number of nitrogens with one attached hydrogen (secondary N) is 1. The van der Waals surface area contributed by atoms with Gasteiger partial charge in [-0.1, -0.05) is 15.9 Å². The molecule has 2 rings (SSSR count). The van der Waals surface area contributed by atoms with Crippen LogP contribution in [-0.2, 0) is 20.1 Å². The first-order valence-electron chi connectivity index (χ1n) is 5.14. The Balaban J connectivity index is 1.94. The Bertz CT molecular complexity index is 512. The van der Waals surface area contributed by atoms with E-state index in [1.54, 1.807) is 16.8 Å². The molecule has 0 aliphatic rings. The number of hydrogen-bond acceptors (Lipinski definition) is 3. The van der Waals surface area contributed by atoms with Gasteiger partial charge in [-0.25, -0.2) is 9.37 Å². The molecule has 90 valence electrons. The number of hydrogen-bond donors (Lipinski definition) is 1. The molecule has 1 aromatic heterocycles. The molecule has 0 saturated carbocycles. The van der Waals surface area contributed by atoms with Gasteiger partial charge in [0, 0.05) is 23.6 Å². The maximum Gasteiger partial charge on any atom is 0.140 e. The molecule has 0 spiro atoms. The summed E-state index contributed by atoms with van der Waals surface area (Å²) in [6, 6.07) is 4.89. The third-order valence-corrected chi connectivity index (χ3v) is 2.90. The highest BCUT2D eigenvalue weighted by Gasteiger charge is 2.04. The van der Waals surface area contributed by atoms with Crippen molar-refractivity contribution in [3.05, 3.63) is 46.2 Å². The quantitative estimate of drug-likeness (QED) is 0.939. The lowest BCUT2D eigenvalue weighted by Gasteiger charge is -2.06. The zero-order chi connectivity index (χ0) is 12.3. The van der Waals surface area contributed by atoms with Crippen LogP contribution in [0, 0.1) is 5.82 Å². The summed E-state index contributed by atoms with van der Waals surface area (Å²) < 4.78 is 16.0. The number of aromatic nitrogens is 3. The van der Waals surface area contributed by atoms with E-state index in [-0.39, 0.29) is 5.82 Å². The molecule has 17 heavy (non-hydrogen) atoms. The van der Waals surface area contributed by atoms with Gasteiger partial charge in [-0.15, -0.1) is 0 Å². The van der Waals surface area contributed by atoms with E-state index in [9.17, 15) is 4.39 Å². The molecule has 2 aromatic rings. The zero-order valence-electron chi connectivity index (χ0n) is 9.32. The fraction of sp³-hybridized carbons (Fsp3) is 0.273. The molecule has 0 amide bonds. The van der Waals surface area contributed by atoms with Crippen molar-refractivity contribution in [3.63, 3.8) is 0 Å². The second-order valence-corrected chi connectivity index (χ2v) is 4.55. The third-order valence-electron chi connectivity index (χ3n) is 2.41. The molecule has 0 saturated heterocycles. The molecule has 0 bridgehead atoms. The molecule has 0 radical (unpaired) electrons. The highest BCUT2D eigenvalue weighted by atomic mass is 79.9. The van der Waals surface area contributed by atoms with E-state index >= 15 is 0 Å². The Hall–Kier alpha value is -1.27. The minimum absolute atomic E-state index is 0.210. The van der Waals surface area contributed by atoms with Gasteiger partial charge in [0.1, 0.15) is 18.0 Å². The van der Waals surface area contributed by atoms with Crippen LogP contribution in [0.15, 0.2) is 29.0 Å². The van der Waals surface area contributed by atoms with Gasteiger partial charge in [-0.3, -0.25) is 4.68 Å². The highest BCUT2D eigenvalue weighted by Crippen LogP contribution is 2.15. The monoisotopic (exact) mass is 298 g/mol. The van der Waals surface area contributed by atoms with E-state index in [2.05, 4.69) is 31.3 Å². The first kappa shape index (κ1) is 12.2. The summed E-state index contributed by atoms with van der Waals surface area (Å²) in [6.07, 6.45) is 1.50. The number of benzene rings is 1. The summed E-state index contributed by atoms with van der Waals surface area (Å²) in [5.41, 5.74) is 0.626. The fourth-order valence-corrected chi connectivity index (χ4v) is 1.88. The van der Waals surface area contributed by atoms with Crippen molar-refractivity contribution < 1.29 is 4.39 Å². The summed E-state index contributed by atoms with van der Waals surface area (Å²) in [5.74, 6) is 0.610. The SMILES string of the molecule is Cn1ncnc1CNCc1cc(Br)ccc1F. The number of nitrogens with zero attached hydrogens (tertiary/aromatic N) is 3. The van der Waals surface area contributed by atoms with Crippen LogP contribution in [0.1, 0.15) is 11.4 Å². The van der Waals surface area contributed by atoms with Gasteiger partial charge >= 0.3 is 0 Å². The van der Waals surface area contributed by atoms with Crippen LogP contribution in [0.5, 0.6) is 0 Å². The topological polar surface area (TPSA) is 42.7 Å². The first-order chi connectivity index (χ1) is 8.16. The largest absolute Gasteiger partial charge is 0.306 e. The molecule has 6 heteroatoms. The van der Waals surface area contributed by atoms with E-state index in [0.29, 0.717) is 18.7 Å². The normalized spacial score (nSPS) is 10.8. The lowest BCUT2D eigenvalue weighted by atomic mass is 10.2. The van der Waals surface area contributed by atoms with Crippen molar-refractivity contribution in [2.24, 2.45) is 7.05 Å². The second kappa shape index (κ2) is 5.37. The Morgan fingerprint density at radius 3 is 2.94 bits per heavy atom. The number of halogens is 2. The van der Waals surface area contributed by atoms with E-state index in [1.807, 2.05) is 7.05 Å². The van der Waals surface area contributed by atoms with Crippen LogP contribution in [0.3, 0.4) is 0 Å². The van der Waals surface area contributed by atoms with Gasteiger partial charge in [-0.05, 0) is 18.2 Å². The fourth-order valence-electron chi connectivity index (χ4n) is 1.47. The van der Waals surface area contributed by atoms with Gasteiger partial charge in [0.25, 0.3) is 0 Å². The van der Waals surface area contributed by atoms with Crippen molar-refractivity contribution in [2.75, 3.05) is 0 Å².